The summed E-state index contributed by atoms with van der Waals surface area (Å²) >= 11 is 0. The first-order valence-electron chi connectivity index (χ1n) is 8.40. The Balaban J connectivity index is 2.23. The summed E-state index contributed by atoms with van der Waals surface area (Å²) in [7, 11) is 0. The monoisotopic (exact) mass is 385 g/mol. The van der Waals surface area contributed by atoms with Gasteiger partial charge in [-0.25, -0.2) is 4.79 Å². The predicted octanol–water partition coefficient (Wildman–Crippen LogP) is 3.67. The van der Waals surface area contributed by atoms with Crippen molar-refractivity contribution in [3.05, 3.63) is 67.3 Å². The second-order valence-electron chi connectivity index (χ2n) is 6.10. The van der Waals surface area contributed by atoms with Gasteiger partial charge in [0.1, 0.15) is 5.71 Å². The van der Waals surface area contributed by atoms with E-state index in [1.54, 1.807) is 0 Å². The van der Waals surface area contributed by atoms with Crippen molar-refractivity contribution in [2.45, 2.75) is 19.8 Å². The molecule has 0 atom stereocenters. The molecule has 10 nitrogen and oxygen atoms in total. The molecule has 2 aromatic carbocycles. The van der Waals surface area contributed by atoms with Gasteiger partial charge in [-0.15, -0.1) is 0 Å². The van der Waals surface area contributed by atoms with E-state index in [0.717, 1.165) is 12.5 Å². The van der Waals surface area contributed by atoms with Gasteiger partial charge in [0.2, 0.25) is 0 Å². The molecule has 0 saturated carbocycles. The van der Waals surface area contributed by atoms with E-state index in [1.807, 2.05) is 6.92 Å². The lowest BCUT2D eigenvalue weighted by atomic mass is 9.98. The number of rotatable bonds is 6. The average molecular weight is 385 g/mol. The smallest absolute Gasteiger partial charge is 0.339 e. The van der Waals surface area contributed by atoms with Crippen LogP contribution in [0.3, 0.4) is 0 Å². The Bertz CT molecular complexity index is 1030. The van der Waals surface area contributed by atoms with Crippen LogP contribution in [0.5, 0.6) is 0 Å². The van der Waals surface area contributed by atoms with Gasteiger partial charge < -0.3 is 9.94 Å². The summed E-state index contributed by atoms with van der Waals surface area (Å²) in [6, 6.07) is 6.12. The number of esters is 1. The van der Waals surface area contributed by atoms with E-state index < -0.39 is 15.8 Å². The molecular weight excluding hydrogens is 370 g/mol. The molecule has 10 heteroatoms. The first-order chi connectivity index (χ1) is 13.4. The molecule has 1 N–H and O–H groups in total. The van der Waals surface area contributed by atoms with E-state index >= 15 is 0 Å². The number of hydrogen-bond acceptors (Lipinski definition) is 8. The van der Waals surface area contributed by atoms with Crippen molar-refractivity contribution >= 4 is 23.1 Å². The van der Waals surface area contributed by atoms with Crippen molar-refractivity contribution < 1.29 is 24.6 Å². The number of benzene rings is 2. The van der Waals surface area contributed by atoms with Gasteiger partial charge in [-0.1, -0.05) is 18.5 Å². The number of unbranched alkanes of at least 4 members (excludes halogenated alkanes) is 1. The van der Waals surface area contributed by atoms with Crippen molar-refractivity contribution in [2.24, 2.45) is 5.16 Å². The second-order valence-corrected chi connectivity index (χ2v) is 6.10. The number of hydrogen-bond donors (Lipinski definition) is 1. The number of fused-ring (bicyclic) bond motifs is 3. The molecule has 2 aromatic rings. The normalized spacial score (nSPS) is 13.1. The lowest BCUT2D eigenvalue weighted by Gasteiger charge is -2.09. The summed E-state index contributed by atoms with van der Waals surface area (Å²) in [6.45, 7) is 2.08. The van der Waals surface area contributed by atoms with E-state index in [1.165, 1.54) is 24.3 Å². The Hall–Kier alpha value is -3.82. The molecule has 0 heterocycles. The van der Waals surface area contributed by atoms with Gasteiger partial charge in [-0.05, 0) is 18.1 Å². The molecule has 0 radical (unpaired) electrons. The predicted molar refractivity (Wildman–Crippen MR) is 97.8 cm³/mol. The highest BCUT2D eigenvalue weighted by Crippen LogP contribution is 2.43. The highest BCUT2D eigenvalue weighted by molar-refractivity contribution is 6.27. The Labute approximate surface area is 158 Å². The number of carbonyl (C=O) groups excluding carboxylic acids is 1. The number of carbonyl (C=O) groups is 1. The lowest BCUT2D eigenvalue weighted by Crippen LogP contribution is -2.10. The maximum Gasteiger partial charge on any atom is 0.339 e. The molecule has 0 spiro atoms. The van der Waals surface area contributed by atoms with Crippen LogP contribution in [0.25, 0.3) is 11.1 Å². The SMILES string of the molecule is CCCCOC(=O)c1cc([N+](=O)[O-])cc2c1-c1ccc([N+](=O)[O-])cc1/C2=N/O. The average Bonchev–Trinajstić information content (AvgIpc) is 2.99. The minimum Gasteiger partial charge on any atom is -0.462 e. The van der Waals surface area contributed by atoms with E-state index in [4.69, 9.17) is 4.74 Å². The lowest BCUT2D eigenvalue weighted by molar-refractivity contribution is -0.385. The highest BCUT2D eigenvalue weighted by Gasteiger charge is 2.34. The fraction of sp³-hybridized carbons (Fsp3) is 0.222. The van der Waals surface area contributed by atoms with Crippen LogP contribution < -0.4 is 0 Å². The molecular formula is C18H15N3O7. The van der Waals surface area contributed by atoms with Gasteiger partial charge in [-0.3, -0.25) is 20.2 Å². The topological polar surface area (TPSA) is 145 Å². The Morgan fingerprint density at radius 1 is 1.07 bits per heavy atom. The minimum absolute atomic E-state index is 0.0611. The van der Waals surface area contributed by atoms with Crippen molar-refractivity contribution in [3.8, 4) is 11.1 Å². The van der Waals surface area contributed by atoms with E-state index in [-0.39, 0.29) is 45.9 Å². The van der Waals surface area contributed by atoms with Crippen LogP contribution >= 0.6 is 0 Å². The number of non-ortho nitro benzene ring substituents is 2. The third-order valence-corrected chi connectivity index (χ3v) is 4.38. The molecule has 0 bridgehead atoms. The molecule has 3 rings (SSSR count). The van der Waals surface area contributed by atoms with Crippen LogP contribution in [0.2, 0.25) is 0 Å². The molecule has 0 aliphatic heterocycles. The summed E-state index contributed by atoms with van der Waals surface area (Å²) in [5.41, 5.74) is 0.243. The van der Waals surface area contributed by atoms with Crippen LogP contribution in [0.1, 0.15) is 41.3 Å². The van der Waals surface area contributed by atoms with Gasteiger partial charge >= 0.3 is 5.97 Å². The summed E-state index contributed by atoms with van der Waals surface area (Å²) in [5.74, 6) is -0.753. The van der Waals surface area contributed by atoms with Crippen LogP contribution in [0.15, 0.2) is 35.5 Å². The molecule has 1 aliphatic rings. The zero-order chi connectivity index (χ0) is 20.4. The van der Waals surface area contributed by atoms with E-state index in [9.17, 15) is 30.2 Å². The van der Waals surface area contributed by atoms with Crippen LogP contribution in [-0.2, 0) is 4.74 Å². The summed E-state index contributed by atoms with van der Waals surface area (Å²) < 4.78 is 5.20. The molecule has 28 heavy (non-hydrogen) atoms. The number of ether oxygens (including phenoxy) is 1. The van der Waals surface area contributed by atoms with Gasteiger partial charge in [0.05, 0.1) is 22.0 Å². The molecule has 0 fully saturated rings. The molecule has 0 aromatic heterocycles. The number of nitro groups is 2. The van der Waals surface area contributed by atoms with Crippen molar-refractivity contribution in [3.63, 3.8) is 0 Å². The summed E-state index contributed by atoms with van der Waals surface area (Å²) in [6.07, 6.45) is 1.43. The Morgan fingerprint density at radius 2 is 1.75 bits per heavy atom. The fourth-order valence-electron chi connectivity index (χ4n) is 3.07. The van der Waals surface area contributed by atoms with Crippen molar-refractivity contribution in [1.29, 1.82) is 0 Å². The molecule has 0 unspecified atom stereocenters. The molecule has 144 valence electrons. The Kier molecular flexibility index (Phi) is 5.03. The van der Waals surface area contributed by atoms with E-state index in [0.29, 0.717) is 12.0 Å². The van der Waals surface area contributed by atoms with Crippen LogP contribution in [0.4, 0.5) is 11.4 Å². The maximum atomic E-state index is 12.6. The highest BCUT2D eigenvalue weighted by atomic mass is 16.6. The Morgan fingerprint density at radius 3 is 2.36 bits per heavy atom. The van der Waals surface area contributed by atoms with Crippen molar-refractivity contribution in [2.75, 3.05) is 6.61 Å². The standard InChI is InChI=1S/C18H15N3O7/c1-2-3-6-28-18(22)15-9-11(21(26)27)8-14-16(15)12-5-4-10(20(24)25)7-13(12)17(14)19-23/h4-5,7-9,23H,2-3,6H2,1H3/b19-17-. The molecule has 0 amide bonds. The van der Waals surface area contributed by atoms with Crippen LogP contribution in [0, 0.1) is 20.2 Å². The fourth-order valence-corrected chi connectivity index (χ4v) is 3.07. The largest absolute Gasteiger partial charge is 0.462 e. The first-order valence-corrected chi connectivity index (χ1v) is 8.40. The molecule has 0 saturated heterocycles. The summed E-state index contributed by atoms with van der Waals surface area (Å²) in [4.78, 5) is 33.7. The van der Waals surface area contributed by atoms with Gasteiger partial charge in [0.15, 0.2) is 0 Å². The maximum absolute atomic E-state index is 12.6. The first kappa shape index (κ1) is 19.0. The zero-order valence-electron chi connectivity index (χ0n) is 14.7. The number of oxime groups is 1. The van der Waals surface area contributed by atoms with E-state index in [2.05, 4.69) is 5.16 Å². The summed E-state index contributed by atoms with van der Waals surface area (Å²) in [5, 5.41) is 35.0. The third-order valence-electron chi connectivity index (χ3n) is 4.38. The zero-order valence-corrected chi connectivity index (χ0v) is 14.7. The van der Waals surface area contributed by atoms with Crippen molar-refractivity contribution in [1.82, 2.24) is 0 Å². The van der Waals surface area contributed by atoms with Crippen LogP contribution in [-0.4, -0.2) is 33.3 Å². The number of nitro benzene ring substituents is 2. The van der Waals surface area contributed by atoms with Gasteiger partial charge in [0, 0.05) is 41.0 Å². The molecule has 1 aliphatic carbocycles. The quantitative estimate of drug-likeness (QED) is 0.224. The minimum atomic E-state index is -0.753. The van der Waals surface area contributed by atoms with Gasteiger partial charge in [-0.2, -0.15) is 0 Å². The third kappa shape index (κ3) is 3.15. The second kappa shape index (κ2) is 7.43. The van der Waals surface area contributed by atoms with Gasteiger partial charge in [0.25, 0.3) is 11.4 Å². The number of nitrogens with zero attached hydrogens (tertiary/aromatic N) is 3.